The van der Waals surface area contributed by atoms with E-state index in [0.717, 1.165) is 108 Å². The topological polar surface area (TPSA) is 237 Å². The molecule has 0 aromatic heterocycles. The summed E-state index contributed by atoms with van der Waals surface area (Å²) in [6, 6.07) is 0. The Morgan fingerprint density at radius 3 is 0.792 bits per heavy atom. The molecule has 0 aromatic carbocycles. The molecule has 0 aliphatic carbocycles. The van der Waals surface area contributed by atoms with Gasteiger partial charge >= 0.3 is 39.5 Å². The van der Waals surface area contributed by atoms with Crippen LogP contribution in [0.4, 0.5) is 0 Å². The van der Waals surface area contributed by atoms with E-state index >= 15 is 0 Å². The lowest BCUT2D eigenvalue weighted by molar-refractivity contribution is -0.161. The Morgan fingerprint density at radius 2 is 0.531 bits per heavy atom. The standard InChI is InChI=1S/C77H150O17P2/c1-7-10-12-14-16-18-20-22-24-25-26-27-29-31-33-37-41-49-55-61-76(81)93-72(65-87-74(79)59-53-47-40-36-32-30-28-23-21-19-17-15-13-11-8-2)67-91-95(83,84)89-63-71(78)64-90-96(85,86)92-68-73(66-88-75(80)60-54-48-44-43-46-52-58-70(6)9-3)94-77(82)62-56-50-42-38-34-35-39-45-51-57-69(4)5/h69-73,78H,7-68H2,1-6H3,(H,83,84)(H,85,86)/t70?,71-,72-,73-/m1/s1. The normalized spacial score (nSPS) is 14.3. The minimum Gasteiger partial charge on any atom is -0.462 e. The molecule has 0 rings (SSSR count). The first kappa shape index (κ1) is 94.1. The number of ether oxygens (including phenoxy) is 4. The van der Waals surface area contributed by atoms with Crippen molar-refractivity contribution in [2.75, 3.05) is 39.6 Å². The fourth-order valence-corrected chi connectivity index (χ4v) is 13.4. The van der Waals surface area contributed by atoms with Gasteiger partial charge < -0.3 is 33.8 Å². The van der Waals surface area contributed by atoms with Gasteiger partial charge in [-0.2, -0.15) is 0 Å². The molecule has 3 N–H and O–H groups in total. The first-order valence-corrected chi connectivity index (χ1v) is 43.0. The molecule has 0 amide bonds. The molecule has 0 saturated heterocycles. The Hall–Kier alpha value is -1.94. The van der Waals surface area contributed by atoms with Gasteiger partial charge in [-0.3, -0.25) is 37.3 Å². The van der Waals surface area contributed by atoms with Crippen molar-refractivity contribution in [3.05, 3.63) is 0 Å². The van der Waals surface area contributed by atoms with E-state index in [0.29, 0.717) is 25.7 Å². The molecule has 6 atom stereocenters. The summed E-state index contributed by atoms with van der Waals surface area (Å²) in [5, 5.41) is 10.6. The van der Waals surface area contributed by atoms with Crippen LogP contribution in [0.3, 0.4) is 0 Å². The molecule has 0 aliphatic heterocycles. The van der Waals surface area contributed by atoms with Gasteiger partial charge in [-0.1, -0.05) is 350 Å². The van der Waals surface area contributed by atoms with E-state index in [1.165, 1.54) is 212 Å². The summed E-state index contributed by atoms with van der Waals surface area (Å²) in [4.78, 5) is 72.8. The van der Waals surface area contributed by atoms with Crippen molar-refractivity contribution >= 4 is 39.5 Å². The average Bonchev–Trinajstić information content (AvgIpc) is 1.15. The summed E-state index contributed by atoms with van der Waals surface area (Å²) in [5.41, 5.74) is 0. The summed E-state index contributed by atoms with van der Waals surface area (Å²) in [7, 11) is -9.91. The Bertz CT molecular complexity index is 1860. The quantitative estimate of drug-likeness (QED) is 0.0222. The average molecular weight is 1410 g/mol. The summed E-state index contributed by atoms with van der Waals surface area (Å²) in [5.74, 6) is -0.648. The zero-order valence-corrected chi connectivity index (χ0v) is 64.5. The van der Waals surface area contributed by atoms with Crippen LogP contribution in [0.5, 0.6) is 0 Å². The molecular formula is C77H150O17P2. The van der Waals surface area contributed by atoms with Gasteiger partial charge in [-0.05, 0) is 37.5 Å². The second kappa shape index (κ2) is 68.8. The number of carbonyl (C=O) groups excluding carboxylic acids is 4. The smallest absolute Gasteiger partial charge is 0.462 e. The van der Waals surface area contributed by atoms with Crippen molar-refractivity contribution in [3.63, 3.8) is 0 Å². The third kappa shape index (κ3) is 69.2. The monoisotopic (exact) mass is 1410 g/mol. The van der Waals surface area contributed by atoms with Crippen LogP contribution < -0.4 is 0 Å². The molecule has 0 heterocycles. The largest absolute Gasteiger partial charge is 0.472 e. The van der Waals surface area contributed by atoms with E-state index in [1.807, 2.05) is 0 Å². The number of hydrogen-bond donors (Lipinski definition) is 3. The van der Waals surface area contributed by atoms with E-state index < -0.39 is 97.5 Å². The highest BCUT2D eigenvalue weighted by molar-refractivity contribution is 7.47. The molecule has 17 nitrogen and oxygen atoms in total. The fraction of sp³-hybridized carbons (Fsp3) is 0.948. The lowest BCUT2D eigenvalue weighted by Crippen LogP contribution is -2.30. The van der Waals surface area contributed by atoms with Gasteiger partial charge in [-0.15, -0.1) is 0 Å². The van der Waals surface area contributed by atoms with Crippen LogP contribution in [0.25, 0.3) is 0 Å². The number of esters is 4. The zero-order valence-electron chi connectivity index (χ0n) is 62.7. The van der Waals surface area contributed by atoms with Crippen molar-refractivity contribution in [1.29, 1.82) is 0 Å². The van der Waals surface area contributed by atoms with Gasteiger partial charge in [0.25, 0.3) is 0 Å². The van der Waals surface area contributed by atoms with Crippen molar-refractivity contribution in [3.8, 4) is 0 Å². The Kier molecular flexibility index (Phi) is 67.4. The summed E-state index contributed by atoms with van der Waals surface area (Å²) in [6.45, 7) is 9.54. The van der Waals surface area contributed by atoms with Gasteiger partial charge in [-0.25, -0.2) is 9.13 Å². The number of phosphoric ester groups is 2. The summed E-state index contributed by atoms with van der Waals surface area (Å²) in [6.07, 6.45) is 57.0. The molecule has 0 radical (unpaired) electrons. The number of hydrogen-bond acceptors (Lipinski definition) is 15. The van der Waals surface area contributed by atoms with Crippen molar-refractivity contribution in [2.45, 2.75) is 419 Å². The number of aliphatic hydroxyl groups excluding tert-OH is 1. The Morgan fingerprint density at radius 1 is 0.302 bits per heavy atom. The fourth-order valence-electron chi connectivity index (χ4n) is 11.8. The van der Waals surface area contributed by atoms with Crippen molar-refractivity contribution < 1.29 is 80.2 Å². The number of aliphatic hydroxyl groups is 1. The van der Waals surface area contributed by atoms with Crippen LogP contribution in [-0.4, -0.2) is 96.7 Å². The molecular weight excluding hydrogens is 1260 g/mol. The third-order valence-electron chi connectivity index (χ3n) is 18.3. The van der Waals surface area contributed by atoms with Crippen LogP contribution in [-0.2, 0) is 65.4 Å². The van der Waals surface area contributed by atoms with Crippen LogP contribution in [0, 0.1) is 11.8 Å². The molecule has 19 heteroatoms. The van der Waals surface area contributed by atoms with Crippen molar-refractivity contribution in [1.82, 2.24) is 0 Å². The van der Waals surface area contributed by atoms with Crippen LogP contribution >= 0.6 is 15.6 Å². The molecule has 570 valence electrons. The maximum absolute atomic E-state index is 13.1. The van der Waals surface area contributed by atoms with Crippen LogP contribution in [0.15, 0.2) is 0 Å². The van der Waals surface area contributed by atoms with Gasteiger partial charge in [0.05, 0.1) is 26.4 Å². The second-order valence-electron chi connectivity index (χ2n) is 28.5. The number of phosphoric acid groups is 2. The molecule has 0 spiro atoms. The molecule has 0 aromatic rings. The highest BCUT2D eigenvalue weighted by Gasteiger charge is 2.30. The molecule has 0 aliphatic rings. The van der Waals surface area contributed by atoms with E-state index in [2.05, 4.69) is 41.5 Å². The van der Waals surface area contributed by atoms with Crippen LogP contribution in [0.1, 0.15) is 401 Å². The minimum absolute atomic E-state index is 0.105. The Labute approximate surface area is 588 Å². The molecule has 96 heavy (non-hydrogen) atoms. The highest BCUT2D eigenvalue weighted by atomic mass is 31.2. The summed E-state index contributed by atoms with van der Waals surface area (Å²) >= 11 is 0. The van der Waals surface area contributed by atoms with Gasteiger partial charge in [0, 0.05) is 25.7 Å². The SMILES string of the molecule is CCCCCCCCCCCCCCCCCCCCCC(=O)O[C@H](COC(=O)CCCCCCCCCCCCCCCCC)COP(=O)(O)OC[C@@H](O)COP(=O)(O)OC[C@@H](COC(=O)CCCCCCCCC(C)CC)OC(=O)CCCCCCCCCCCC(C)C. The number of rotatable bonds is 76. The first-order valence-electron chi connectivity index (χ1n) is 40.0. The minimum atomic E-state index is -4.96. The first-order chi connectivity index (χ1) is 46.4. The van der Waals surface area contributed by atoms with E-state index in [1.54, 1.807) is 0 Å². The molecule has 0 fully saturated rings. The van der Waals surface area contributed by atoms with E-state index in [9.17, 15) is 43.2 Å². The predicted octanol–water partition coefficient (Wildman–Crippen LogP) is 22.7. The van der Waals surface area contributed by atoms with Gasteiger partial charge in [0.2, 0.25) is 0 Å². The Balaban J connectivity index is 5.23. The highest BCUT2D eigenvalue weighted by Crippen LogP contribution is 2.45. The number of carbonyl (C=O) groups is 4. The maximum atomic E-state index is 13.1. The predicted molar refractivity (Wildman–Crippen MR) is 391 cm³/mol. The third-order valence-corrected chi connectivity index (χ3v) is 20.2. The second-order valence-corrected chi connectivity index (χ2v) is 31.4. The zero-order chi connectivity index (χ0) is 70.7. The number of unbranched alkanes of at least 4 members (excludes halogenated alkanes) is 45. The van der Waals surface area contributed by atoms with E-state index in [4.69, 9.17) is 37.0 Å². The molecule has 0 bridgehead atoms. The lowest BCUT2D eigenvalue weighted by atomic mass is 10.00. The maximum Gasteiger partial charge on any atom is 0.472 e. The van der Waals surface area contributed by atoms with Crippen molar-refractivity contribution in [2.24, 2.45) is 11.8 Å². The lowest BCUT2D eigenvalue weighted by Gasteiger charge is -2.21. The molecule has 0 saturated carbocycles. The molecule has 3 unspecified atom stereocenters. The summed E-state index contributed by atoms with van der Waals surface area (Å²) < 4.78 is 68.6. The van der Waals surface area contributed by atoms with Gasteiger partial charge in [0.15, 0.2) is 12.2 Å². The van der Waals surface area contributed by atoms with E-state index in [-0.39, 0.29) is 25.7 Å². The van der Waals surface area contributed by atoms with Crippen LogP contribution in [0.2, 0.25) is 0 Å². The van der Waals surface area contributed by atoms with Gasteiger partial charge in [0.1, 0.15) is 19.3 Å².